The quantitative estimate of drug-likeness (QED) is 0.683. The lowest BCUT2D eigenvalue weighted by molar-refractivity contribution is 0.265. The molecule has 21 heavy (non-hydrogen) atoms. The molecule has 0 radical (unpaired) electrons. The predicted molar refractivity (Wildman–Crippen MR) is 88.7 cm³/mol. The molecule has 1 atom stereocenters. The fourth-order valence-corrected chi connectivity index (χ4v) is 3.47. The van der Waals surface area contributed by atoms with Gasteiger partial charge in [0.25, 0.3) is 0 Å². The van der Waals surface area contributed by atoms with Crippen LogP contribution in [-0.2, 0) is 5.41 Å². The first-order valence-corrected chi connectivity index (χ1v) is 8.25. The molecule has 2 aliphatic rings. The number of likely N-dealkylation sites (tertiary alicyclic amines) is 1. The highest BCUT2D eigenvalue weighted by atomic mass is 15.3. The van der Waals surface area contributed by atoms with Gasteiger partial charge in [0, 0.05) is 32.1 Å². The normalized spacial score (nSPS) is 24.8. The fourth-order valence-electron chi connectivity index (χ4n) is 3.47. The van der Waals surface area contributed by atoms with Crippen molar-refractivity contribution in [3.05, 3.63) is 35.9 Å². The SMILES string of the molecule is CN=C(NCC1(c2ccccc2)CC1)N1CCCC(C)C1. The third-order valence-corrected chi connectivity index (χ3v) is 4.99. The second-order valence-electron chi connectivity index (χ2n) is 6.74. The van der Waals surface area contributed by atoms with Crippen molar-refractivity contribution < 1.29 is 0 Å². The molecular formula is C18H27N3. The molecular weight excluding hydrogens is 258 g/mol. The zero-order chi connectivity index (χ0) is 14.7. The Morgan fingerprint density at radius 2 is 2.10 bits per heavy atom. The number of guanidine groups is 1. The van der Waals surface area contributed by atoms with Crippen molar-refractivity contribution in [2.24, 2.45) is 10.9 Å². The Labute approximate surface area is 128 Å². The maximum Gasteiger partial charge on any atom is 0.193 e. The van der Waals surface area contributed by atoms with Gasteiger partial charge >= 0.3 is 0 Å². The molecule has 1 saturated carbocycles. The molecule has 0 aromatic heterocycles. The van der Waals surface area contributed by atoms with E-state index in [9.17, 15) is 0 Å². The lowest BCUT2D eigenvalue weighted by Crippen LogP contribution is -2.48. The molecule has 1 heterocycles. The minimum absolute atomic E-state index is 0.346. The van der Waals surface area contributed by atoms with Crippen LogP contribution < -0.4 is 5.32 Å². The van der Waals surface area contributed by atoms with Crippen molar-refractivity contribution in [3.63, 3.8) is 0 Å². The summed E-state index contributed by atoms with van der Waals surface area (Å²) in [5.74, 6) is 1.87. The number of benzene rings is 1. The van der Waals surface area contributed by atoms with Gasteiger partial charge in [0.15, 0.2) is 5.96 Å². The maximum atomic E-state index is 4.50. The van der Waals surface area contributed by atoms with E-state index in [0.717, 1.165) is 31.5 Å². The summed E-state index contributed by atoms with van der Waals surface area (Å²) in [5.41, 5.74) is 1.82. The molecule has 1 aromatic rings. The summed E-state index contributed by atoms with van der Waals surface area (Å²) in [4.78, 5) is 6.93. The highest BCUT2D eigenvalue weighted by Crippen LogP contribution is 2.47. The van der Waals surface area contributed by atoms with Gasteiger partial charge in [-0.2, -0.15) is 0 Å². The van der Waals surface area contributed by atoms with Gasteiger partial charge in [-0.3, -0.25) is 4.99 Å². The highest BCUT2D eigenvalue weighted by molar-refractivity contribution is 5.80. The summed E-state index contributed by atoms with van der Waals surface area (Å²) < 4.78 is 0. The van der Waals surface area contributed by atoms with Gasteiger partial charge in [0.2, 0.25) is 0 Å². The molecule has 0 bridgehead atoms. The van der Waals surface area contributed by atoms with E-state index in [4.69, 9.17) is 0 Å². The first-order chi connectivity index (χ1) is 10.2. The summed E-state index contributed by atoms with van der Waals surface area (Å²) in [6.45, 7) is 5.63. The van der Waals surface area contributed by atoms with Gasteiger partial charge in [0.1, 0.15) is 0 Å². The van der Waals surface area contributed by atoms with Gasteiger partial charge in [-0.15, -0.1) is 0 Å². The second-order valence-corrected chi connectivity index (χ2v) is 6.74. The number of piperidine rings is 1. The molecule has 0 spiro atoms. The zero-order valence-electron chi connectivity index (χ0n) is 13.3. The van der Waals surface area contributed by atoms with E-state index >= 15 is 0 Å². The molecule has 1 N–H and O–H groups in total. The topological polar surface area (TPSA) is 27.6 Å². The van der Waals surface area contributed by atoms with Gasteiger partial charge < -0.3 is 10.2 Å². The van der Waals surface area contributed by atoms with Crippen molar-refractivity contribution in [2.45, 2.75) is 38.0 Å². The van der Waals surface area contributed by atoms with E-state index in [1.54, 1.807) is 0 Å². The number of nitrogens with zero attached hydrogens (tertiary/aromatic N) is 2. The Hall–Kier alpha value is -1.51. The molecule has 0 amide bonds. The lowest BCUT2D eigenvalue weighted by atomic mass is 9.96. The molecule has 1 aromatic carbocycles. The van der Waals surface area contributed by atoms with Crippen LogP contribution in [0.3, 0.4) is 0 Å². The lowest BCUT2D eigenvalue weighted by Gasteiger charge is -2.34. The molecule has 1 aliphatic carbocycles. The van der Waals surface area contributed by atoms with E-state index in [0.29, 0.717) is 5.41 Å². The molecule has 1 saturated heterocycles. The standard InChI is InChI=1S/C18H27N3/c1-15-7-6-12-21(13-15)17(19-2)20-14-18(10-11-18)16-8-4-3-5-9-16/h3-5,8-9,15H,6-7,10-14H2,1-2H3,(H,19,20). The monoisotopic (exact) mass is 285 g/mol. The Morgan fingerprint density at radius 1 is 1.33 bits per heavy atom. The van der Waals surface area contributed by atoms with Crippen LogP contribution in [0.2, 0.25) is 0 Å². The van der Waals surface area contributed by atoms with Crippen molar-refractivity contribution in [2.75, 3.05) is 26.7 Å². The van der Waals surface area contributed by atoms with Crippen LogP contribution in [0, 0.1) is 5.92 Å². The van der Waals surface area contributed by atoms with E-state index in [1.807, 2.05) is 7.05 Å². The Balaban J connectivity index is 1.61. The maximum absolute atomic E-state index is 4.50. The second kappa shape index (κ2) is 6.08. The fraction of sp³-hybridized carbons (Fsp3) is 0.611. The number of hydrogen-bond acceptors (Lipinski definition) is 1. The number of aliphatic imine (C=N–C) groups is 1. The van der Waals surface area contributed by atoms with Crippen molar-refractivity contribution in [3.8, 4) is 0 Å². The summed E-state index contributed by atoms with van der Waals surface area (Å²) in [7, 11) is 1.91. The minimum atomic E-state index is 0.346. The zero-order valence-corrected chi connectivity index (χ0v) is 13.3. The van der Waals surface area contributed by atoms with Crippen LogP contribution in [-0.4, -0.2) is 37.5 Å². The van der Waals surface area contributed by atoms with Crippen molar-refractivity contribution >= 4 is 5.96 Å². The first kappa shape index (κ1) is 14.4. The van der Waals surface area contributed by atoms with Crippen LogP contribution in [0.15, 0.2) is 35.3 Å². The van der Waals surface area contributed by atoms with E-state index in [2.05, 4.69) is 52.5 Å². The smallest absolute Gasteiger partial charge is 0.193 e. The molecule has 2 fully saturated rings. The first-order valence-electron chi connectivity index (χ1n) is 8.25. The summed E-state index contributed by atoms with van der Waals surface area (Å²) >= 11 is 0. The largest absolute Gasteiger partial charge is 0.355 e. The summed E-state index contributed by atoms with van der Waals surface area (Å²) in [6.07, 6.45) is 5.21. The highest BCUT2D eigenvalue weighted by Gasteiger charge is 2.44. The van der Waals surface area contributed by atoms with Gasteiger partial charge in [-0.25, -0.2) is 0 Å². The van der Waals surface area contributed by atoms with Crippen LogP contribution in [0.4, 0.5) is 0 Å². The predicted octanol–water partition coefficient (Wildman–Crippen LogP) is 3.03. The third kappa shape index (κ3) is 3.22. The molecule has 1 aliphatic heterocycles. The van der Waals surface area contributed by atoms with Gasteiger partial charge in [0.05, 0.1) is 0 Å². The molecule has 114 valence electrons. The van der Waals surface area contributed by atoms with Crippen LogP contribution >= 0.6 is 0 Å². The van der Waals surface area contributed by atoms with Crippen LogP contribution in [0.25, 0.3) is 0 Å². The van der Waals surface area contributed by atoms with E-state index in [1.165, 1.54) is 31.2 Å². The number of nitrogens with one attached hydrogen (secondary N) is 1. The molecule has 3 heteroatoms. The minimum Gasteiger partial charge on any atom is -0.355 e. The van der Waals surface area contributed by atoms with Crippen LogP contribution in [0.1, 0.15) is 38.2 Å². The number of hydrogen-bond donors (Lipinski definition) is 1. The average molecular weight is 285 g/mol. The van der Waals surface area contributed by atoms with Crippen molar-refractivity contribution in [1.82, 2.24) is 10.2 Å². The Kier molecular flexibility index (Phi) is 4.18. The van der Waals surface area contributed by atoms with Crippen molar-refractivity contribution in [1.29, 1.82) is 0 Å². The van der Waals surface area contributed by atoms with E-state index < -0.39 is 0 Å². The molecule has 3 rings (SSSR count). The van der Waals surface area contributed by atoms with E-state index in [-0.39, 0.29) is 0 Å². The van der Waals surface area contributed by atoms with Gasteiger partial charge in [-0.1, -0.05) is 37.3 Å². The molecule has 1 unspecified atom stereocenters. The average Bonchev–Trinajstić information content (AvgIpc) is 3.30. The number of rotatable bonds is 3. The Bertz CT molecular complexity index is 490. The van der Waals surface area contributed by atoms with Gasteiger partial charge in [-0.05, 0) is 37.2 Å². The third-order valence-electron chi connectivity index (χ3n) is 4.99. The summed E-state index contributed by atoms with van der Waals surface area (Å²) in [6, 6.07) is 10.9. The molecule has 3 nitrogen and oxygen atoms in total. The summed E-state index contributed by atoms with van der Waals surface area (Å²) in [5, 5.41) is 3.64. The van der Waals surface area contributed by atoms with Crippen LogP contribution in [0.5, 0.6) is 0 Å². The Morgan fingerprint density at radius 3 is 2.71 bits per heavy atom.